The summed E-state index contributed by atoms with van der Waals surface area (Å²) in [6.07, 6.45) is 11.6. The van der Waals surface area contributed by atoms with Crippen LogP contribution < -0.4 is 5.73 Å². The number of aromatic nitrogens is 2. The summed E-state index contributed by atoms with van der Waals surface area (Å²) < 4.78 is 2.43. The molecule has 0 amide bonds. The molecule has 4 aliphatic rings. The molecule has 0 radical (unpaired) electrons. The SMILES string of the molecule is CCc1c(CCN)cnn1C1C2CC3CC(C2)CC1C3. The van der Waals surface area contributed by atoms with Crippen LogP contribution in [0.15, 0.2) is 6.20 Å². The van der Waals surface area contributed by atoms with E-state index in [1.54, 1.807) is 0 Å². The van der Waals surface area contributed by atoms with Crippen molar-refractivity contribution in [3.8, 4) is 0 Å². The molecule has 1 heterocycles. The van der Waals surface area contributed by atoms with Gasteiger partial charge < -0.3 is 5.73 Å². The molecule has 0 aliphatic heterocycles. The number of hydrogen-bond acceptors (Lipinski definition) is 2. The van der Waals surface area contributed by atoms with E-state index in [9.17, 15) is 0 Å². The van der Waals surface area contributed by atoms with Crippen LogP contribution in [0.25, 0.3) is 0 Å². The van der Waals surface area contributed by atoms with E-state index < -0.39 is 0 Å². The highest BCUT2D eigenvalue weighted by atomic mass is 15.3. The smallest absolute Gasteiger partial charge is 0.0579 e. The molecule has 4 fully saturated rings. The lowest BCUT2D eigenvalue weighted by Gasteiger charge is -2.54. The van der Waals surface area contributed by atoms with E-state index in [0.29, 0.717) is 6.04 Å². The van der Waals surface area contributed by atoms with Crippen molar-refractivity contribution in [1.82, 2.24) is 9.78 Å². The summed E-state index contributed by atoms with van der Waals surface area (Å²) in [5.74, 6) is 3.89. The number of nitrogens with zero attached hydrogens (tertiary/aromatic N) is 2. The summed E-state index contributed by atoms with van der Waals surface area (Å²) in [5, 5.41) is 4.81. The lowest BCUT2D eigenvalue weighted by Crippen LogP contribution is -2.46. The maximum Gasteiger partial charge on any atom is 0.0579 e. The van der Waals surface area contributed by atoms with Gasteiger partial charge in [-0.15, -0.1) is 0 Å². The van der Waals surface area contributed by atoms with Crippen molar-refractivity contribution in [3.05, 3.63) is 17.5 Å². The van der Waals surface area contributed by atoms with Crippen molar-refractivity contribution in [1.29, 1.82) is 0 Å². The lowest BCUT2D eigenvalue weighted by molar-refractivity contribution is -0.0346. The second-order valence-electron chi connectivity index (χ2n) is 7.37. The molecule has 110 valence electrons. The molecule has 2 N–H and O–H groups in total. The van der Waals surface area contributed by atoms with Crippen LogP contribution in [0.3, 0.4) is 0 Å². The first-order valence-corrected chi connectivity index (χ1v) is 8.55. The Labute approximate surface area is 121 Å². The number of nitrogens with two attached hydrogens (primary N) is 1. The first-order valence-electron chi connectivity index (χ1n) is 8.55. The fourth-order valence-corrected chi connectivity index (χ4v) is 5.73. The maximum absolute atomic E-state index is 5.75. The van der Waals surface area contributed by atoms with Gasteiger partial charge in [0.05, 0.1) is 12.2 Å². The van der Waals surface area contributed by atoms with Gasteiger partial charge in [-0.25, -0.2) is 0 Å². The third-order valence-electron chi connectivity index (χ3n) is 6.19. The molecule has 5 rings (SSSR count). The minimum absolute atomic E-state index is 0.698. The zero-order chi connectivity index (χ0) is 13.7. The molecule has 3 heteroatoms. The van der Waals surface area contributed by atoms with E-state index in [-0.39, 0.29) is 0 Å². The van der Waals surface area contributed by atoms with Gasteiger partial charge in [0.2, 0.25) is 0 Å². The number of hydrogen-bond donors (Lipinski definition) is 1. The van der Waals surface area contributed by atoms with Crippen molar-refractivity contribution >= 4 is 0 Å². The quantitative estimate of drug-likeness (QED) is 0.916. The highest BCUT2D eigenvalue weighted by Gasteiger charge is 2.49. The third-order valence-corrected chi connectivity index (χ3v) is 6.19. The highest BCUT2D eigenvalue weighted by molar-refractivity contribution is 5.20. The minimum Gasteiger partial charge on any atom is -0.330 e. The van der Waals surface area contributed by atoms with Gasteiger partial charge in [-0.05, 0) is 80.7 Å². The van der Waals surface area contributed by atoms with E-state index in [1.165, 1.54) is 43.4 Å². The van der Waals surface area contributed by atoms with E-state index >= 15 is 0 Å². The number of rotatable bonds is 4. The first-order chi connectivity index (χ1) is 9.80. The van der Waals surface area contributed by atoms with Crippen LogP contribution in [0.2, 0.25) is 0 Å². The predicted octanol–water partition coefficient (Wildman–Crippen LogP) is 2.94. The Kier molecular flexibility index (Phi) is 3.13. The predicted molar refractivity (Wildman–Crippen MR) is 80.4 cm³/mol. The van der Waals surface area contributed by atoms with Crippen LogP contribution in [-0.4, -0.2) is 16.3 Å². The van der Waals surface area contributed by atoms with Gasteiger partial charge in [0, 0.05) is 5.69 Å². The van der Waals surface area contributed by atoms with Gasteiger partial charge in [0.15, 0.2) is 0 Å². The summed E-state index contributed by atoms with van der Waals surface area (Å²) in [4.78, 5) is 0. The largest absolute Gasteiger partial charge is 0.330 e. The summed E-state index contributed by atoms with van der Waals surface area (Å²) in [6.45, 7) is 3.00. The summed E-state index contributed by atoms with van der Waals surface area (Å²) in [5.41, 5.74) is 8.61. The Balaban J connectivity index is 1.67. The van der Waals surface area contributed by atoms with Crippen molar-refractivity contribution < 1.29 is 0 Å². The standard InChI is InChI=1S/C17H27N3/c1-2-16-13(3-4-18)10-19-20(16)17-14-6-11-5-12(8-14)9-15(17)7-11/h10-12,14-15,17H,2-9,18H2,1H3. The second-order valence-corrected chi connectivity index (χ2v) is 7.37. The molecule has 1 aromatic heterocycles. The van der Waals surface area contributed by atoms with Gasteiger partial charge in [0.25, 0.3) is 0 Å². The summed E-state index contributed by atoms with van der Waals surface area (Å²) >= 11 is 0. The van der Waals surface area contributed by atoms with Gasteiger partial charge in [-0.3, -0.25) is 4.68 Å². The lowest BCUT2D eigenvalue weighted by atomic mass is 9.54. The maximum atomic E-state index is 5.75. The second kappa shape index (κ2) is 4.87. The summed E-state index contributed by atoms with van der Waals surface area (Å²) in [6, 6.07) is 0.698. The Hall–Kier alpha value is -0.830. The average Bonchev–Trinajstić information content (AvgIpc) is 2.81. The van der Waals surface area contributed by atoms with Crippen molar-refractivity contribution in [2.45, 2.75) is 57.9 Å². The van der Waals surface area contributed by atoms with Crippen LogP contribution >= 0.6 is 0 Å². The monoisotopic (exact) mass is 273 g/mol. The first kappa shape index (κ1) is 12.9. The Morgan fingerprint density at radius 2 is 1.80 bits per heavy atom. The van der Waals surface area contributed by atoms with E-state index in [1.807, 2.05) is 0 Å². The van der Waals surface area contributed by atoms with Crippen molar-refractivity contribution in [2.75, 3.05) is 6.54 Å². The topological polar surface area (TPSA) is 43.8 Å². The Morgan fingerprint density at radius 1 is 1.15 bits per heavy atom. The van der Waals surface area contributed by atoms with Crippen molar-refractivity contribution in [2.24, 2.45) is 29.4 Å². The minimum atomic E-state index is 0.698. The molecule has 1 aromatic rings. The Morgan fingerprint density at radius 3 is 2.35 bits per heavy atom. The molecular formula is C17H27N3. The molecule has 0 aromatic carbocycles. The van der Waals surface area contributed by atoms with Gasteiger partial charge in [-0.1, -0.05) is 6.92 Å². The fourth-order valence-electron chi connectivity index (χ4n) is 5.73. The molecule has 20 heavy (non-hydrogen) atoms. The molecular weight excluding hydrogens is 246 g/mol. The molecule has 0 spiro atoms. The zero-order valence-corrected chi connectivity index (χ0v) is 12.6. The highest BCUT2D eigenvalue weighted by Crippen LogP contribution is 2.58. The zero-order valence-electron chi connectivity index (χ0n) is 12.6. The molecule has 0 atom stereocenters. The molecule has 0 saturated heterocycles. The van der Waals surface area contributed by atoms with Crippen LogP contribution in [0, 0.1) is 23.7 Å². The average molecular weight is 273 g/mol. The van der Waals surface area contributed by atoms with Crippen molar-refractivity contribution in [3.63, 3.8) is 0 Å². The van der Waals surface area contributed by atoms with E-state index in [2.05, 4.69) is 17.8 Å². The van der Waals surface area contributed by atoms with Gasteiger partial charge in [-0.2, -0.15) is 5.10 Å². The summed E-state index contributed by atoms with van der Waals surface area (Å²) in [7, 11) is 0. The van der Waals surface area contributed by atoms with Crippen LogP contribution in [0.1, 0.15) is 56.3 Å². The molecule has 4 saturated carbocycles. The fraction of sp³-hybridized carbons (Fsp3) is 0.824. The van der Waals surface area contributed by atoms with Gasteiger partial charge in [0.1, 0.15) is 0 Å². The van der Waals surface area contributed by atoms with Crippen LogP contribution in [-0.2, 0) is 12.8 Å². The third kappa shape index (κ3) is 1.86. The van der Waals surface area contributed by atoms with Crippen LogP contribution in [0.4, 0.5) is 0 Å². The van der Waals surface area contributed by atoms with E-state index in [4.69, 9.17) is 10.8 Å². The molecule has 4 bridgehead atoms. The molecule has 4 aliphatic carbocycles. The van der Waals surface area contributed by atoms with Crippen LogP contribution in [0.5, 0.6) is 0 Å². The molecule has 3 nitrogen and oxygen atoms in total. The van der Waals surface area contributed by atoms with E-state index in [0.717, 1.165) is 43.1 Å². The normalized spacial score (nSPS) is 38.6. The molecule has 0 unspecified atom stereocenters. The Bertz CT molecular complexity index is 462. The van der Waals surface area contributed by atoms with Gasteiger partial charge >= 0.3 is 0 Å².